The average Bonchev–Trinajstić information content (AvgIpc) is 2.00. The Morgan fingerprint density at radius 3 is 2.83 bits per heavy atom. The van der Waals surface area contributed by atoms with Crippen molar-refractivity contribution in [2.24, 2.45) is 0 Å². The SMILES string of the molecule is Cc1ccc(NC2CNC2)cn1. The summed E-state index contributed by atoms with van der Waals surface area (Å²) in [7, 11) is 0. The first-order valence-electron chi connectivity index (χ1n) is 4.24. The fraction of sp³-hybridized carbons (Fsp3) is 0.444. The summed E-state index contributed by atoms with van der Waals surface area (Å²) in [4.78, 5) is 4.21. The Morgan fingerprint density at radius 1 is 1.50 bits per heavy atom. The molecule has 1 aliphatic heterocycles. The van der Waals surface area contributed by atoms with E-state index in [1.54, 1.807) is 0 Å². The third-order valence-corrected chi connectivity index (χ3v) is 2.06. The zero-order chi connectivity index (χ0) is 8.39. The third-order valence-electron chi connectivity index (χ3n) is 2.06. The van der Waals surface area contributed by atoms with E-state index in [1.807, 2.05) is 19.2 Å². The van der Waals surface area contributed by atoms with Crippen LogP contribution in [0.5, 0.6) is 0 Å². The van der Waals surface area contributed by atoms with Gasteiger partial charge in [0.05, 0.1) is 17.9 Å². The lowest BCUT2D eigenvalue weighted by atomic mass is 10.2. The highest BCUT2D eigenvalue weighted by atomic mass is 15.1. The molecule has 64 valence electrons. The van der Waals surface area contributed by atoms with Crippen molar-refractivity contribution in [1.82, 2.24) is 10.3 Å². The van der Waals surface area contributed by atoms with Crippen molar-refractivity contribution in [3.63, 3.8) is 0 Å². The number of aromatic nitrogens is 1. The maximum Gasteiger partial charge on any atom is 0.0529 e. The molecule has 0 spiro atoms. The van der Waals surface area contributed by atoms with Crippen molar-refractivity contribution in [3.8, 4) is 0 Å². The first-order chi connectivity index (χ1) is 5.84. The molecule has 0 atom stereocenters. The van der Waals surface area contributed by atoms with Gasteiger partial charge in [-0.2, -0.15) is 0 Å². The first kappa shape index (κ1) is 7.55. The number of hydrogen-bond acceptors (Lipinski definition) is 3. The van der Waals surface area contributed by atoms with Crippen LogP contribution in [0.4, 0.5) is 5.69 Å². The molecule has 0 saturated carbocycles. The average molecular weight is 163 g/mol. The second-order valence-corrected chi connectivity index (χ2v) is 3.19. The fourth-order valence-corrected chi connectivity index (χ4v) is 1.18. The molecule has 2 heterocycles. The van der Waals surface area contributed by atoms with Gasteiger partial charge in [0.2, 0.25) is 0 Å². The molecule has 1 aliphatic rings. The van der Waals surface area contributed by atoms with Crippen LogP contribution in [0.2, 0.25) is 0 Å². The van der Waals surface area contributed by atoms with E-state index in [9.17, 15) is 0 Å². The quantitative estimate of drug-likeness (QED) is 0.676. The summed E-state index contributed by atoms with van der Waals surface area (Å²) in [5.74, 6) is 0. The van der Waals surface area contributed by atoms with Gasteiger partial charge in [0.25, 0.3) is 0 Å². The number of anilines is 1. The maximum atomic E-state index is 4.21. The molecule has 2 rings (SSSR count). The Labute approximate surface area is 72.2 Å². The molecule has 0 aliphatic carbocycles. The Morgan fingerprint density at radius 2 is 2.33 bits per heavy atom. The second kappa shape index (κ2) is 3.11. The largest absolute Gasteiger partial charge is 0.379 e. The summed E-state index contributed by atoms with van der Waals surface area (Å²) in [6.45, 7) is 4.12. The Kier molecular flexibility index (Phi) is 1.96. The van der Waals surface area contributed by atoms with Crippen LogP contribution in [0.15, 0.2) is 18.3 Å². The Bertz CT molecular complexity index is 251. The first-order valence-corrected chi connectivity index (χ1v) is 4.24. The van der Waals surface area contributed by atoms with E-state index in [2.05, 4.69) is 21.7 Å². The van der Waals surface area contributed by atoms with Crippen molar-refractivity contribution in [1.29, 1.82) is 0 Å². The minimum Gasteiger partial charge on any atom is -0.379 e. The van der Waals surface area contributed by atoms with E-state index in [0.29, 0.717) is 6.04 Å². The standard InChI is InChI=1S/C9H13N3/c1-7-2-3-8(6-11-7)12-9-4-10-5-9/h2-3,6,9-10,12H,4-5H2,1H3. The zero-order valence-electron chi connectivity index (χ0n) is 7.17. The molecule has 0 bridgehead atoms. The second-order valence-electron chi connectivity index (χ2n) is 3.19. The van der Waals surface area contributed by atoms with Crippen LogP contribution in [-0.2, 0) is 0 Å². The molecule has 0 amide bonds. The van der Waals surface area contributed by atoms with Gasteiger partial charge >= 0.3 is 0 Å². The van der Waals surface area contributed by atoms with Crippen molar-refractivity contribution < 1.29 is 0 Å². The summed E-state index contributed by atoms with van der Waals surface area (Å²) in [6, 6.07) is 4.68. The summed E-state index contributed by atoms with van der Waals surface area (Å²) in [5, 5.41) is 6.59. The van der Waals surface area contributed by atoms with Gasteiger partial charge in [-0.15, -0.1) is 0 Å². The molecular formula is C9H13N3. The van der Waals surface area contributed by atoms with Gasteiger partial charge in [-0.3, -0.25) is 4.98 Å². The highest BCUT2D eigenvalue weighted by Gasteiger charge is 2.15. The number of nitrogens with zero attached hydrogens (tertiary/aromatic N) is 1. The molecule has 0 unspecified atom stereocenters. The van der Waals surface area contributed by atoms with Gasteiger partial charge in [-0.1, -0.05) is 0 Å². The van der Waals surface area contributed by atoms with E-state index in [0.717, 1.165) is 24.5 Å². The van der Waals surface area contributed by atoms with Crippen LogP contribution in [0.25, 0.3) is 0 Å². The summed E-state index contributed by atoms with van der Waals surface area (Å²) >= 11 is 0. The van der Waals surface area contributed by atoms with Crippen LogP contribution in [0.1, 0.15) is 5.69 Å². The maximum absolute atomic E-state index is 4.21. The highest BCUT2D eigenvalue weighted by Crippen LogP contribution is 2.08. The summed E-state index contributed by atoms with van der Waals surface area (Å²) < 4.78 is 0. The van der Waals surface area contributed by atoms with Crippen LogP contribution in [0.3, 0.4) is 0 Å². The molecule has 3 heteroatoms. The number of nitrogens with one attached hydrogen (secondary N) is 2. The van der Waals surface area contributed by atoms with Crippen molar-refractivity contribution in [2.45, 2.75) is 13.0 Å². The van der Waals surface area contributed by atoms with Gasteiger partial charge in [0, 0.05) is 18.8 Å². The molecule has 2 N–H and O–H groups in total. The van der Waals surface area contributed by atoms with E-state index in [4.69, 9.17) is 0 Å². The molecule has 0 aromatic carbocycles. The van der Waals surface area contributed by atoms with Crippen LogP contribution < -0.4 is 10.6 Å². The number of rotatable bonds is 2. The molecule has 3 nitrogen and oxygen atoms in total. The number of hydrogen-bond donors (Lipinski definition) is 2. The van der Waals surface area contributed by atoms with Crippen LogP contribution in [0, 0.1) is 6.92 Å². The predicted octanol–water partition coefficient (Wildman–Crippen LogP) is 0.774. The molecule has 1 aromatic heterocycles. The van der Waals surface area contributed by atoms with Crippen LogP contribution in [-0.4, -0.2) is 24.1 Å². The van der Waals surface area contributed by atoms with E-state index < -0.39 is 0 Å². The molecule has 12 heavy (non-hydrogen) atoms. The Balaban J connectivity index is 1.98. The molecule has 1 saturated heterocycles. The zero-order valence-corrected chi connectivity index (χ0v) is 7.17. The fourth-order valence-electron chi connectivity index (χ4n) is 1.18. The lowest BCUT2D eigenvalue weighted by Gasteiger charge is -2.28. The lowest BCUT2D eigenvalue weighted by Crippen LogP contribution is -2.51. The van der Waals surface area contributed by atoms with Gasteiger partial charge < -0.3 is 10.6 Å². The Hall–Kier alpha value is -1.09. The lowest BCUT2D eigenvalue weighted by molar-refractivity contribution is 0.472. The number of pyridine rings is 1. The van der Waals surface area contributed by atoms with Gasteiger partial charge in [0.1, 0.15) is 0 Å². The van der Waals surface area contributed by atoms with E-state index in [1.165, 1.54) is 0 Å². The van der Waals surface area contributed by atoms with Crippen LogP contribution >= 0.6 is 0 Å². The minimum atomic E-state index is 0.592. The molecular weight excluding hydrogens is 150 g/mol. The monoisotopic (exact) mass is 163 g/mol. The van der Waals surface area contributed by atoms with Gasteiger partial charge in [-0.25, -0.2) is 0 Å². The highest BCUT2D eigenvalue weighted by molar-refractivity contribution is 5.42. The topological polar surface area (TPSA) is 37.0 Å². The van der Waals surface area contributed by atoms with E-state index in [-0.39, 0.29) is 0 Å². The molecule has 1 fully saturated rings. The molecule has 1 aromatic rings. The van der Waals surface area contributed by atoms with Gasteiger partial charge in [0.15, 0.2) is 0 Å². The molecule has 0 radical (unpaired) electrons. The van der Waals surface area contributed by atoms with Crippen molar-refractivity contribution in [3.05, 3.63) is 24.0 Å². The number of aryl methyl sites for hydroxylation is 1. The van der Waals surface area contributed by atoms with Crippen molar-refractivity contribution in [2.75, 3.05) is 18.4 Å². The normalized spacial score (nSPS) is 17.1. The smallest absolute Gasteiger partial charge is 0.0529 e. The predicted molar refractivity (Wildman–Crippen MR) is 49.3 cm³/mol. The van der Waals surface area contributed by atoms with E-state index >= 15 is 0 Å². The summed E-state index contributed by atoms with van der Waals surface area (Å²) in [5.41, 5.74) is 2.18. The third kappa shape index (κ3) is 1.56. The summed E-state index contributed by atoms with van der Waals surface area (Å²) in [6.07, 6.45) is 1.88. The van der Waals surface area contributed by atoms with Gasteiger partial charge in [-0.05, 0) is 19.1 Å². The van der Waals surface area contributed by atoms with Crippen molar-refractivity contribution >= 4 is 5.69 Å². The minimum absolute atomic E-state index is 0.592.